The zero-order chi connectivity index (χ0) is 12.8. The van der Waals surface area contributed by atoms with E-state index in [9.17, 15) is 0 Å². The van der Waals surface area contributed by atoms with E-state index in [0.717, 1.165) is 16.0 Å². The lowest BCUT2D eigenvalue weighted by atomic mass is 9.96. The normalized spacial score (nSPS) is 18.3. The van der Waals surface area contributed by atoms with Gasteiger partial charge in [0.2, 0.25) is 0 Å². The van der Waals surface area contributed by atoms with Crippen molar-refractivity contribution < 1.29 is 0 Å². The van der Waals surface area contributed by atoms with Crippen molar-refractivity contribution in [2.75, 3.05) is 0 Å². The Kier molecular flexibility index (Phi) is 6.00. The zero-order valence-electron chi connectivity index (χ0n) is 10.7. The molecule has 1 aromatic rings. The van der Waals surface area contributed by atoms with E-state index in [1.165, 1.54) is 50.5 Å². The highest BCUT2D eigenvalue weighted by atomic mass is 79.9. The highest BCUT2D eigenvalue weighted by Crippen LogP contribution is 2.23. The van der Waals surface area contributed by atoms with Crippen LogP contribution < -0.4 is 5.32 Å². The number of hydrogen-bond donors (Lipinski definition) is 1. The molecule has 18 heavy (non-hydrogen) atoms. The molecule has 3 heteroatoms. The van der Waals surface area contributed by atoms with Crippen LogP contribution in [0.15, 0.2) is 22.7 Å². The molecule has 1 aliphatic rings. The molecule has 0 saturated heterocycles. The molecule has 0 atom stereocenters. The summed E-state index contributed by atoms with van der Waals surface area (Å²) in [5.41, 5.74) is 1.30. The van der Waals surface area contributed by atoms with Gasteiger partial charge in [0.05, 0.1) is 5.02 Å². The van der Waals surface area contributed by atoms with Crippen LogP contribution in [0.25, 0.3) is 0 Å². The molecule has 2 rings (SSSR count). The summed E-state index contributed by atoms with van der Waals surface area (Å²) < 4.78 is 0.987. The largest absolute Gasteiger partial charge is 0.310 e. The van der Waals surface area contributed by atoms with E-state index in [4.69, 9.17) is 11.6 Å². The molecule has 0 radical (unpaired) electrons. The van der Waals surface area contributed by atoms with Crippen molar-refractivity contribution >= 4 is 27.5 Å². The highest BCUT2D eigenvalue weighted by molar-refractivity contribution is 9.10. The summed E-state index contributed by atoms with van der Waals surface area (Å²) in [6.07, 6.45) is 9.65. The standard InChI is InChI=1S/C15H21BrClN/c16-14-10-12(8-9-15(14)17)11-18-13-6-4-2-1-3-5-7-13/h8-10,13,18H,1-7,11H2. The predicted octanol–water partition coefficient (Wildman–Crippen LogP) is 5.31. The summed E-state index contributed by atoms with van der Waals surface area (Å²) in [5, 5.41) is 4.47. The smallest absolute Gasteiger partial charge is 0.0548 e. The summed E-state index contributed by atoms with van der Waals surface area (Å²) in [5.74, 6) is 0. The van der Waals surface area contributed by atoms with Crippen molar-refractivity contribution in [3.8, 4) is 0 Å². The predicted molar refractivity (Wildman–Crippen MR) is 82.1 cm³/mol. The topological polar surface area (TPSA) is 12.0 Å². The van der Waals surface area contributed by atoms with Crippen molar-refractivity contribution in [3.05, 3.63) is 33.3 Å². The Morgan fingerprint density at radius 2 is 1.78 bits per heavy atom. The van der Waals surface area contributed by atoms with E-state index in [1.54, 1.807) is 0 Å². The van der Waals surface area contributed by atoms with Gasteiger partial charge in [-0.05, 0) is 46.5 Å². The lowest BCUT2D eigenvalue weighted by molar-refractivity contribution is 0.389. The molecule has 0 amide bonds. The van der Waals surface area contributed by atoms with Crippen molar-refractivity contribution in [1.82, 2.24) is 5.32 Å². The summed E-state index contributed by atoms with van der Waals surface area (Å²) >= 11 is 9.48. The Bertz CT molecular complexity index is 373. The van der Waals surface area contributed by atoms with E-state index in [1.807, 2.05) is 6.07 Å². The molecule has 0 heterocycles. The van der Waals surface area contributed by atoms with Crippen molar-refractivity contribution in [2.45, 2.75) is 57.5 Å². The third kappa shape index (κ3) is 4.56. The van der Waals surface area contributed by atoms with E-state index in [0.29, 0.717) is 6.04 Å². The molecule has 100 valence electrons. The van der Waals surface area contributed by atoms with Gasteiger partial charge in [-0.25, -0.2) is 0 Å². The van der Waals surface area contributed by atoms with E-state index in [-0.39, 0.29) is 0 Å². The van der Waals surface area contributed by atoms with Gasteiger partial charge in [-0.1, -0.05) is 49.8 Å². The third-order valence-corrected chi connectivity index (χ3v) is 4.90. The molecule has 0 spiro atoms. The molecule has 1 aromatic carbocycles. The SMILES string of the molecule is Clc1ccc(CNC2CCCCCCC2)cc1Br. The van der Waals surface area contributed by atoms with Crippen LogP contribution in [0.5, 0.6) is 0 Å². The first-order chi connectivity index (χ1) is 8.75. The van der Waals surface area contributed by atoms with Gasteiger partial charge in [0.1, 0.15) is 0 Å². The Labute approximate surface area is 123 Å². The highest BCUT2D eigenvalue weighted by Gasteiger charge is 2.10. The van der Waals surface area contributed by atoms with Crippen LogP contribution in [0.3, 0.4) is 0 Å². The molecular formula is C15H21BrClN. The van der Waals surface area contributed by atoms with Crippen LogP contribution in [0.4, 0.5) is 0 Å². The van der Waals surface area contributed by atoms with Crippen molar-refractivity contribution in [3.63, 3.8) is 0 Å². The second-order valence-electron chi connectivity index (χ2n) is 5.17. The lowest BCUT2D eigenvalue weighted by Gasteiger charge is -2.21. The minimum atomic E-state index is 0.694. The first kappa shape index (κ1) is 14.4. The van der Waals surface area contributed by atoms with Crippen molar-refractivity contribution in [1.29, 1.82) is 0 Å². The summed E-state index contributed by atoms with van der Waals surface area (Å²) in [7, 11) is 0. The van der Waals surface area contributed by atoms with Gasteiger partial charge >= 0.3 is 0 Å². The molecule has 0 aromatic heterocycles. The molecule has 0 unspecified atom stereocenters. The van der Waals surface area contributed by atoms with Gasteiger partial charge in [-0.2, -0.15) is 0 Å². The van der Waals surface area contributed by atoms with Crippen LogP contribution in [0.1, 0.15) is 50.5 Å². The second-order valence-corrected chi connectivity index (χ2v) is 6.43. The molecule has 1 aliphatic carbocycles. The van der Waals surface area contributed by atoms with E-state index in [2.05, 4.69) is 33.4 Å². The van der Waals surface area contributed by atoms with Crippen LogP contribution in [-0.2, 0) is 6.54 Å². The molecule has 1 fully saturated rings. The first-order valence-electron chi connectivity index (χ1n) is 6.93. The average Bonchev–Trinajstić information content (AvgIpc) is 2.32. The van der Waals surface area contributed by atoms with Crippen LogP contribution >= 0.6 is 27.5 Å². The Hall–Kier alpha value is -0.0500. The van der Waals surface area contributed by atoms with Crippen LogP contribution in [0, 0.1) is 0 Å². The minimum Gasteiger partial charge on any atom is -0.310 e. The van der Waals surface area contributed by atoms with E-state index >= 15 is 0 Å². The average molecular weight is 331 g/mol. The third-order valence-electron chi connectivity index (χ3n) is 3.68. The molecule has 1 nitrogen and oxygen atoms in total. The number of halogens is 2. The van der Waals surface area contributed by atoms with Gasteiger partial charge < -0.3 is 5.32 Å². The maximum absolute atomic E-state index is 6.00. The minimum absolute atomic E-state index is 0.694. The number of hydrogen-bond acceptors (Lipinski definition) is 1. The molecule has 0 bridgehead atoms. The monoisotopic (exact) mass is 329 g/mol. The maximum Gasteiger partial charge on any atom is 0.0548 e. The van der Waals surface area contributed by atoms with Crippen LogP contribution in [0.2, 0.25) is 5.02 Å². The second kappa shape index (κ2) is 7.52. The maximum atomic E-state index is 6.00. The quantitative estimate of drug-likeness (QED) is 0.792. The van der Waals surface area contributed by atoms with Crippen LogP contribution in [-0.4, -0.2) is 6.04 Å². The summed E-state index contributed by atoms with van der Waals surface area (Å²) in [6.45, 7) is 0.945. The van der Waals surface area contributed by atoms with Gasteiger partial charge in [0.25, 0.3) is 0 Å². The zero-order valence-corrected chi connectivity index (χ0v) is 13.1. The fourth-order valence-electron chi connectivity index (χ4n) is 2.57. The molecular weight excluding hydrogens is 310 g/mol. The fourth-order valence-corrected chi connectivity index (χ4v) is 3.12. The van der Waals surface area contributed by atoms with Gasteiger partial charge in [-0.3, -0.25) is 0 Å². The van der Waals surface area contributed by atoms with Crippen molar-refractivity contribution in [2.24, 2.45) is 0 Å². The molecule has 0 aliphatic heterocycles. The Balaban J connectivity index is 1.83. The number of nitrogens with one attached hydrogen (secondary N) is 1. The number of rotatable bonds is 3. The molecule has 1 N–H and O–H groups in total. The van der Waals surface area contributed by atoms with Gasteiger partial charge in [0.15, 0.2) is 0 Å². The van der Waals surface area contributed by atoms with Gasteiger partial charge in [-0.15, -0.1) is 0 Å². The molecule has 1 saturated carbocycles. The van der Waals surface area contributed by atoms with E-state index < -0.39 is 0 Å². The fraction of sp³-hybridized carbons (Fsp3) is 0.600. The Morgan fingerprint density at radius 3 is 2.44 bits per heavy atom. The summed E-state index contributed by atoms with van der Waals surface area (Å²) in [4.78, 5) is 0. The Morgan fingerprint density at radius 1 is 1.11 bits per heavy atom. The lowest BCUT2D eigenvalue weighted by Crippen LogP contribution is -2.29. The first-order valence-corrected chi connectivity index (χ1v) is 8.10. The van der Waals surface area contributed by atoms with Gasteiger partial charge in [0, 0.05) is 17.1 Å². The summed E-state index contributed by atoms with van der Waals surface area (Å²) in [6, 6.07) is 6.86. The number of benzene rings is 1.